The van der Waals surface area contributed by atoms with Crippen molar-refractivity contribution in [3.63, 3.8) is 0 Å². The van der Waals surface area contributed by atoms with Crippen molar-refractivity contribution in [2.24, 2.45) is 0 Å². The smallest absolute Gasteiger partial charge is 0.327 e. The Morgan fingerprint density at radius 3 is 2.50 bits per heavy atom. The van der Waals surface area contributed by atoms with Crippen LogP contribution >= 0.6 is 11.8 Å². The van der Waals surface area contributed by atoms with Gasteiger partial charge in [0.25, 0.3) is 0 Å². The summed E-state index contributed by atoms with van der Waals surface area (Å²) in [5, 5.41) is 21.9. The summed E-state index contributed by atoms with van der Waals surface area (Å²) in [5.74, 6) is -1.04. The molecule has 0 saturated heterocycles. The van der Waals surface area contributed by atoms with Gasteiger partial charge in [0.05, 0.1) is 10.6 Å². The van der Waals surface area contributed by atoms with E-state index in [-0.39, 0.29) is 18.0 Å². The van der Waals surface area contributed by atoms with Crippen LogP contribution in [0, 0.1) is 0 Å². The van der Waals surface area contributed by atoms with Gasteiger partial charge in [-0.05, 0) is 54.7 Å². The predicted octanol–water partition coefficient (Wildman–Crippen LogP) is 4.10. The Bertz CT molecular complexity index is 1190. The molecule has 0 aliphatic carbocycles. The first-order valence-corrected chi connectivity index (χ1v) is 14.0. The molecule has 2 amide bonds. The highest BCUT2D eigenvalue weighted by Gasteiger charge is 2.13. The lowest BCUT2D eigenvalue weighted by Gasteiger charge is -2.13. The average Bonchev–Trinajstić information content (AvgIpc) is 2.93. The monoisotopic (exact) mass is 537 g/mol. The Morgan fingerprint density at radius 2 is 1.71 bits per heavy atom. The number of nitrogens with zero attached hydrogens (tertiary/aromatic N) is 1. The van der Waals surface area contributed by atoms with E-state index >= 15 is 0 Å². The number of thioether (sulfide) groups is 1. The summed E-state index contributed by atoms with van der Waals surface area (Å²) in [6.07, 6.45) is 10.9. The summed E-state index contributed by atoms with van der Waals surface area (Å²) in [4.78, 5) is 24.9. The second kappa shape index (κ2) is 15.5. The standard InChI is InChI=1S/C29H36N4O4S/c1-2-3-4-7-17-33-18-14-22(15-19-33)10-11-23-8-5-6-9-25(23)31-32-29(37)28(36)30-16-20-38-27-21-24(34)12-13-26(27)35/h5-6,8-9,12-15,18-19,21H,2-4,7,10-11,16-17,20H2,1H3,(H4-,30,31,32,34,35,36,37)/p+1. The van der Waals surface area contributed by atoms with Crippen LogP contribution in [0.3, 0.4) is 0 Å². The largest absolute Gasteiger partial charge is 0.508 e. The van der Waals surface area contributed by atoms with Crippen LogP contribution < -0.4 is 20.7 Å². The third kappa shape index (κ3) is 9.63. The zero-order valence-corrected chi connectivity index (χ0v) is 22.6. The van der Waals surface area contributed by atoms with E-state index in [2.05, 4.69) is 52.2 Å². The number of hydrogen-bond acceptors (Lipinski definition) is 6. The topological polar surface area (TPSA) is 115 Å². The highest BCUT2D eigenvalue weighted by molar-refractivity contribution is 7.99. The second-order valence-electron chi connectivity index (χ2n) is 9.00. The minimum Gasteiger partial charge on any atom is -0.508 e. The van der Waals surface area contributed by atoms with Crippen LogP contribution in [0.25, 0.3) is 0 Å². The van der Waals surface area contributed by atoms with Gasteiger partial charge in [0.2, 0.25) is 0 Å². The molecular formula is C29H37N4O4S+. The molecule has 5 N–H and O–H groups in total. The van der Waals surface area contributed by atoms with Gasteiger partial charge in [-0.25, -0.2) is 4.57 Å². The van der Waals surface area contributed by atoms with Crippen LogP contribution in [0.2, 0.25) is 0 Å². The number of phenols is 2. The van der Waals surface area contributed by atoms with Gasteiger partial charge in [-0.2, -0.15) is 0 Å². The Balaban J connectivity index is 1.41. The van der Waals surface area contributed by atoms with E-state index in [9.17, 15) is 19.8 Å². The Kier molecular flexibility index (Phi) is 11.8. The van der Waals surface area contributed by atoms with Crippen molar-refractivity contribution in [1.29, 1.82) is 0 Å². The Morgan fingerprint density at radius 1 is 0.921 bits per heavy atom. The molecule has 2 aromatic carbocycles. The van der Waals surface area contributed by atoms with Crippen LogP contribution in [-0.4, -0.2) is 34.3 Å². The number of amides is 2. The zero-order chi connectivity index (χ0) is 27.2. The van der Waals surface area contributed by atoms with Crippen molar-refractivity contribution in [2.75, 3.05) is 17.7 Å². The molecule has 0 atom stereocenters. The summed E-state index contributed by atoms with van der Waals surface area (Å²) in [5.41, 5.74) is 8.35. The normalized spacial score (nSPS) is 10.7. The van der Waals surface area contributed by atoms with Crippen molar-refractivity contribution >= 4 is 29.3 Å². The van der Waals surface area contributed by atoms with Gasteiger partial charge in [0.1, 0.15) is 18.0 Å². The number of para-hydroxylation sites is 1. The maximum Gasteiger partial charge on any atom is 0.327 e. The molecular weight excluding hydrogens is 500 g/mol. The number of hydrazine groups is 1. The summed E-state index contributed by atoms with van der Waals surface area (Å²) < 4.78 is 2.23. The lowest BCUT2D eigenvalue weighted by Crippen LogP contribution is -2.43. The number of benzene rings is 2. The molecule has 202 valence electrons. The summed E-state index contributed by atoms with van der Waals surface area (Å²) in [6, 6.07) is 16.2. The number of rotatable bonds is 14. The highest BCUT2D eigenvalue weighted by atomic mass is 32.2. The van der Waals surface area contributed by atoms with Crippen molar-refractivity contribution in [1.82, 2.24) is 10.7 Å². The van der Waals surface area contributed by atoms with Crippen LogP contribution in [-0.2, 0) is 29.0 Å². The van der Waals surface area contributed by atoms with Crippen molar-refractivity contribution in [3.8, 4) is 11.5 Å². The van der Waals surface area contributed by atoms with Gasteiger partial charge in [-0.1, -0.05) is 38.0 Å². The summed E-state index contributed by atoms with van der Waals surface area (Å²) in [6.45, 7) is 3.48. The number of aromatic nitrogens is 1. The molecule has 0 saturated carbocycles. The zero-order valence-electron chi connectivity index (χ0n) is 21.8. The van der Waals surface area contributed by atoms with E-state index in [1.807, 2.05) is 24.3 Å². The van der Waals surface area contributed by atoms with E-state index in [1.165, 1.54) is 61.2 Å². The van der Waals surface area contributed by atoms with E-state index in [0.29, 0.717) is 10.6 Å². The number of hydrogen-bond donors (Lipinski definition) is 5. The predicted molar refractivity (Wildman–Crippen MR) is 150 cm³/mol. The number of carbonyl (C=O) groups is 2. The number of unbranched alkanes of at least 4 members (excludes halogenated alkanes) is 3. The molecule has 38 heavy (non-hydrogen) atoms. The third-order valence-electron chi connectivity index (χ3n) is 6.04. The molecule has 1 heterocycles. The molecule has 0 aliphatic rings. The lowest BCUT2D eigenvalue weighted by molar-refractivity contribution is -0.697. The number of carbonyl (C=O) groups excluding carboxylic acids is 2. The number of phenolic OH excluding ortho intramolecular Hbond substituents is 2. The Labute approximate surface area is 228 Å². The molecule has 0 spiro atoms. The minimum absolute atomic E-state index is 0.0464. The fourth-order valence-corrected chi connectivity index (χ4v) is 4.71. The molecule has 8 nitrogen and oxygen atoms in total. The van der Waals surface area contributed by atoms with Gasteiger partial charge in [-0.3, -0.25) is 20.4 Å². The maximum absolute atomic E-state index is 12.2. The molecule has 0 fully saturated rings. The van der Waals surface area contributed by atoms with E-state index in [4.69, 9.17) is 0 Å². The average molecular weight is 538 g/mol. The van der Waals surface area contributed by atoms with Crippen molar-refractivity contribution in [2.45, 2.75) is 56.9 Å². The molecule has 0 aliphatic heterocycles. The fraction of sp³-hybridized carbons (Fsp3) is 0.345. The van der Waals surface area contributed by atoms with Crippen LogP contribution in [0.15, 0.2) is 71.9 Å². The maximum atomic E-state index is 12.2. The number of nitrogens with one attached hydrogen (secondary N) is 3. The van der Waals surface area contributed by atoms with E-state index < -0.39 is 11.8 Å². The molecule has 3 aromatic rings. The first-order chi connectivity index (χ1) is 18.5. The molecule has 0 radical (unpaired) electrons. The first-order valence-electron chi connectivity index (χ1n) is 13.0. The van der Waals surface area contributed by atoms with Crippen molar-refractivity contribution < 1.29 is 24.4 Å². The van der Waals surface area contributed by atoms with Crippen LogP contribution in [0.5, 0.6) is 11.5 Å². The fourth-order valence-electron chi connectivity index (χ4n) is 3.87. The molecule has 0 unspecified atom stereocenters. The minimum atomic E-state index is -0.795. The van der Waals surface area contributed by atoms with Crippen LogP contribution in [0.1, 0.15) is 43.7 Å². The van der Waals surface area contributed by atoms with Gasteiger partial charge in [-0.15, -0.1) is 11.8 Å². The van der Waals surface area contributed by atoms with E-state index in [1.54, 1.807) is 0 Å². The molecule has 3 rings (SSSR count). The summed E-state index contributed by atoms with van der Waals surface area (Å²) in [7, 11) is 0. The molecule has 1 aromatic heterocycles. The van der Waals surface area contributed by atoms with Gasteiger partial charge >= 0.3 is 11.8 Å². The highest BCUT2D eigenvalue weighted by Crippen LogP contribution is 2.31. The molecule has 9 heteroatoms. The third-order valence-corrected chi connectivity index (χ3v) is 7.08. The SMILES string of the molecule is CCCCCC[n+]1ccc(CCc2ccccc2NNC(=O)C(=O)NCCSc2cc(O)ccc2O)cc1. The van der Waals surface area contributed by atoms with Gasteiger partial charge < -0.3 is 15.5 Å². The second-order valence-corrected chi connectivity index (χ2v) is 10.1. The number of pyridine rings is 1. The first kappa shape index (κ1) is 28.8. The quantitative estimate of drug-likeness (QED) is 0.0528. The summed E-state index contributed by atoms with van der Waals surface area (Å²) >= 11 is 1.26. The van der Waals surface area contributed by atoms with Crippen molar-refractivity contribution in [3.05, 3.63) is 78.1 Å². The Hall–Kier alpha value is -3.72. The number of aryl methyl sites for hydroxylation is 3. The molecule has 0 bridgehead atoms. The van der Waals surface area contributed by atoms with Gasteiger partial charge in [0, 0.05) is 30.9 Å². The number of anilines is 1. The van der Waals surface area contributed by atoms with Gasteiger partial charge in [0.15, 0.2) is 12.4 Å². The number of aromatic hydroxyl groups is 2. The van der Waals surface area contributed by atoms with Crippen LogP contribution in [0.4, 0.5) is 5.69 Å². The lowest BCUT2D eigenvalue weighted by atomic mass is 10.0. The van der Waals surface area contributed by atoms with E-state index in [0.717, 1.165) is 30.6 Å².